The topological polar surface area (TPSA) is 44.5 Å². The Morgan fingerprint density at radius 3 is 2.65 bits per heavy atom. The highest BCUT2D eigenvalue weighted by atomic mass is 19.1. The number of nitrogens with two attached hydrogens (primary N) is 1. The number of hydrogen-bond acceptors (Lipinski definition) is 3. The van der Waals surface area contributed by atoms with Crippen LogP contribution in [0.2, 0.25) is 0 Å². The highest BCUT2D eigenvalue weighted by Gasteiger charge is 2.11. The molecule has 96 valence electrons. The molecule has 0 bridgehead atoms. The number of halogens is 1. The van der Waals surface area contributed by atoms with Gasteiger partial charge in [-0.1, -0.05) is 20.3 Å². The fourth-order valence-electron chi connectivity index (χ4n) is 1.65. The second-order valence-electron chi connectivity index (χ2n) is 4.23. The van der Waals surface area contributed by atoms with Gasteiger partial charge in [-0.2, -0.15) is 0 Å². The van der Waals surface area contributed by atoms with Crippen molar-refractivity contribution in [1.29, 1.82) is 0 Å². The average molecular weight is 241 g/mol. The quantitative estimate of drug-likeness (QED) is 0.778. The van der Waals surface area contributed by atoms with Gasteiger partial charge in [-0.05, 0) is 12.3 Å². The first-order chi connectivity index (χ1) is 8.08. The Balaban J connectivity index is 2.70. The third-order valence-corrected chi connectivity index (χ3v) is 2.59. The zero-order chi connectivity index (χ0) is 12.8. The Bertz CT molecular complexity index is 369. The van der Waals surface area contributed by atoms with Crippen LogP contribution in [0.25, 0.3) is 0 Å². The van der Waals surface area contributed by atoms with Crippen molar-refractivity contribution < 1.29 is 13.9 Å². The summed E-state index contributed by atoms with van der Waals surface area (Å²) in [6.07, 6.45) is 2.16. The molecule has 0 heterocycles. The van der Waals surface area contributed by atoms with Gasteiger partial charge >= 0.3 is 0 Å². The predicted molar refractivity (Wildman–Crippen MR) is 66.9 cm³/mol. The number of methoxy groups -OCH3 is 1. The van der Waals surface area contributed by atoms with E-state index in [2.05, 4.69) is 13.8 Å². The van der Waals surface area contributed by atoms with Gasteiger partial charge in [0.15, 0.2) is 11.6 Å². The van der Waals surface area contributed by atoms with E-state index in [1.54, 1.807) is 0 Å². The van der Waals surface area contributed by atoms with Gasteiger partial charge in [0.25, 0.3) is 0 Å². The van der Waals surface area contributed by atoms with Crippen molar-refractivity contribution in [2.24, 2.45) is 5.92 Å². The Kier molecular flexibility index (Phi) is 5.07. The van der Waals surface area contributed by atoms with Crippen LogP contribution >= 0.6 is 0 Å². The Morgan fingerprint density at radius 2 is 2.06 bits per heavy atom. The zero-order valence-corrected chi connectivity index (χ0v) is 10.6. The van der Waals surface area contributed by atoms with E-state index < -0.39 is 5.82 Å². The molecule has 0 aliphatic rings. The molecule has 0 aliphatic heterocycles. The SMILES string of the molecule is CCCC(C)COc1cc(OC)c(N)cc1F. The average Bonchev–Trinajstić information content (AvgIpc) is 2.28. The minimum Gasteiger partial charge on any atom is -0.494 e. The molecule has 0 fully saturated rings. The summed E-state index contributed by atoms with van der Waals surface area (Å²) in [6.45, 7) is 4.69. The maximum atomic E-state index is 13.5. The first kappa shape index (κ1) is 13.6. The molecule has 0 amide bonds. The van der Waals surface area contributed by atoms with E-state index in [9.17, 15) is 4.39 Å². The van der Waals surface area contributed by atoms with Crippen molar-refractivity contribution in [3.05, 3.63) is 17.9 Å². The zero-order valence-electron chi connectivity index (χ0n) is 10.6. The number of nitrogen functional groups attached to an aromatic ring is 1. The molecule has 1 atom stereocenters. The second kappa shape index (κ2) is 6.33. The van der Waals surface area contributed by atoms with Gasteiger partial charge in [-0.25, -0.2) is 4.39 Å². The highest BCUT2D eigenvalue weighted by Crippen LogP contribution is 2.30. The molecule has 1 aromatic carbocycles. The van der Waals surface area contributed by atoms with Crippen LogP contribution < -0.4 is 15.2 Å². The second-order valence-corrected chi connectivity index (χ2v) is 4.23. The molecule has 17 heavy (non-hydrogen) atoms. The first-order valence-corrected chi connectivity index (χ1v) is 5.84. The van der Waals surface area contributed by atoms with Crippen molar-refractivity contribution >= 4 is 5.69 Å². The van der Waals surface area contributed by atoms with Crippen molar-refractivity contribution in [3.63, 3.8) is 0 Å². The lowest BCUT2D eigenvalue weighted by Crippen LogP contribution is -2.09. The molecule has 0 saturated heterocycles. The van der Waals surface area contributed by atoms with Crippen LogP contribution in [0.3, 0.4) is 0 Å². The fraction of sp³-hybridized carbons (Fsp3) is 0.538. The molecular weight excluding hydrogens is 221 g/mol. The van der Waals surface area contributed by atoms with Gasteiger partial charge in [-0.3, -0.25) is 0 Å². The predicted octanol–water partition coefficient (Wildman–Crippen LogP) is 3.23. The summed E-state index contributed by atoms with van der Waals surface area (Å²) in [4.78, 5) is 0. The van der Waals surface area contributed by atoms with Gasteiger partial charge in [0.05, 0.1) is 19.4 Å². The lowest BCUT2D eigenvalue weighted by molar-refractivity contribution is 0.240. The smallest absolute Gasteiger partial charge is 0.167 e. The summed E-state index contributed by atoms with van der Waals surface area (Å²) in [5.41, 5.74) is 5.86. The molecule has 3 nitrogen and oxygen atoms in total. The largest absolute Gasteiger partial charge is 0.494 e. The number of rotatable bonds is 6. The van der Waals surface area contributed by atoms with Gasteiger partial charge in [0.1, 0.15) is 5.75 Å². The number of benzene rings is 1. The summed E-state index contributed by atoms with van der Waals surface area (Å²) in [6, 6.07) is 2.71. The van der Waals surface area contributed by atoms with Crippen molar-refractivity contribution in [2.45, 2.75) is 26.7 Å². The standard InChI is InChI=1S/C13H20FNO2/c1-4-5-9(2)8-17-12-7-13(16-3)11(15)6-10(12)14/h6-7,9H,4-5,8,15H2,1-3H3. The van der Waals surface area contributed by atoms with Crippen LogP contribution in [0.1, 0.15) is 26.7 Å². The lowest BCUT2D eigenvalue weighted by atomic mass is 10.1. The van der Waals surface area contributed by atoms with Gasteiger partial charge in [0, 0.05) is 12.1 Å². The normalized spacial score (nSPS) is 12.2. The Hall–Kier alpha value is -1.45. The van der Waals surface area contributed by atoms with Crippen LogP contribution in [-0.2, 0) is 0 Å². The van der Waals surface area contributed by atoms with Crippen molar-refractivity contribution in [3.8, 4) is 11.5 Å². The van der Waals surface area contributed by atoms with E-state index in [-0.39, 0.29) is 11.4 Å². The van der Waals surface area contributed by atoms with E-state index in [4.69, 9.17) is 15.2 Å². The highest BCUT2D eigenvalue weighted by molar-refractivity contribution is 5.56. The van der Waals surface area contributed by atoms with Crippen LogP contribution in [0.5, 0.6) is 11.5 Å². The van der Waals surface area contributed by atoms with E-state index >= 15 is 0 Å². The molecule has 1 unspecified atom stereocenters. The molecule has 1 rings (SSSR count). The van der Waals surface area contributed by atoms with E-state index in [0.717, 1.165) is 12.8 Å². The molecule has 0 aliphatic carbocycles. The fourth-order valence-corrected chi connectivity index (χ4v) is 1.65. The molecule has 0 saturated carbocycles. The molecule has 0 aromatic heterocycles. The van der Waals surface area contributed by atoms with Crippen LogP contribution in [0.15, 0.2) is 12.1 Å². The minimum absolute atomic E-state index is 0.194. The summed E-state index contributed by atoms with van der Waals surface area (Å²) in [7, 11) is 1.49. The lowest BCUT2D eigenvalue weighted by Gasteiger charge is -2.14. The third-order valence-electron chi connectivity index (χ3n) is 2.59. The monoisotopic (exact) mass is 241 g/mol. The van der Waals surface area contributed by atoms with E-state index in [1.165, 1.54) is 19.2 Å². The number of ether oxygens (including phenoxy) is 2. The van der Waals surface area contributed by atoms with Crippen LogP contribution in [0, 0.1) is 11.7 Å². The minimum atomic E-state index is -0.452. The first-order valence-electron chi connectivity index (χ1n) is 5.84. The number of hydrogen-bond donors (Lipinski definition) is 1. The Labute approximate surface area is 102 Å². The van der Waals surface area contributed by atoms with Crippen molar-refractivity contribution in [1.82, 2.24) is 0 Å². The van der Waals surface area contributed by atoms with Gasteiger partial charge < -0.3 is 15.2 Å². The number of anilines is 1. The van der Waals surface area contributed by atoms with E-state index in [0.29, 0.717) is 18.3 Å². The maximum Gasteiger partial charge on any atom is 0.167 e. The third kappa shape index (κ3) is 3.80. The summed E-state index contributed by atoms with van der Waals surface area (Å²) < 4.78 is 24.0. The van der Waals surface area contributed by atoms with Crippen molar-refractivity contribution in [2.75, 3.05) is 19.5 Å². The molecule has 0 spiro atoms. The van der Waals surface area contributed by atoms with Gasteiger partial charge in [-0.15, -0.1) is 0 Å². The van der Waals surface area contributed by atoms with Crippen LogP contribution in [-0.4, -0.2) is 13.7 Å². The molecule has 2 N–H and O–H groups in total. The molecule has 4 heteroatoms. The van der Waals surface area contributed by atoms with Gasteiger partial charge in [0.2, 0.25) is 0 Å². The molecular formula is C13H20FNO2. The summed E-state index contributed by atoms with van der Waals surface area (Å²) in [5, 5.41) is 0. The maximum absolute atomic E-state index is 13.5. The molecule has 0 radical (unpaired) electrons. The summed E-state index contributed by atoms with van der Waals surface area (Å²) >= 11 is 0. The molecule has 1 aromatic rings. The summed E-state index contributed by atoms with van der Waals surface area (Å²) in [5.74, 6) is 0.582. The van der Waals surface area contributed by atoms with E-state index in [1.807, 2.05) is 0 Å². The van der Waals surface area contributed by atoms with Crippen LogP contribution in [0.4, 0.5) is 10.1 Å². The Morgan fingerprint density at radius 1 is 1.35 bits per heavy atom.